The summed E-state index contributed by atoms with van der Waals surface area (Å²) >= 11 is 0. The molecule has 156 valence electrons. The molecule has 3 aromatic carbocycles. The minimum atomic E-state index is -3.97. The van der Waals surface area contributed by atoms with E-state index in [-0.39, 0.29) is 27.8 Å². The third-order valence-corrected chi connectivity index (χ3v) is 6.82. The van der Waals surface area contributed by atoms with E-state index in [0.29, 0.717) is 5.56 Å². The Morgan fingerprint density at radius 1 is 1.00 bits per heavy atom. The second-order valence-electron chi connectivity index (χ2n) is 7.15. The third kappa shape index (κ3) is 4.18. The lowest BCUT2D eigenvalue weighted by molar-refractivity contribution is 0.0951. The predicted octanol–water partition coefficient (Wildman–Crippen LogP) is 4.45. The zero-order valence-corrected chi connectivity index (χ0v) is 17.5. The molecule has 0 atom stereocenters. The Bertz CT molecular complexity index is 1380. The van der Waals surface area contributed by atoms with E-state index in [2.05, 4.69) is 10.3 Å². The average molecular weight is 434 g/mol. The van der Waals surface area contributed by atoms with Gasteiger partial charge < -0.3 is 5.32 Å². The molecular formula is C24H19FN2O3S. The van der Waals surface area contributed by atoms with Crippen molar-refractivity contribution in [2.45, 2.75) is 23.3 Å². The van der Waals surface area contributed by atoms with Gasteiger partial charge in [0.05, 0.1) is 4.90 Å². The molecule has 0 radical (unpaired) electrons. The summed E-state index contributed by atoms with van der Waals surface area (Å²) in [5, 5.41) is 4.68. The van der Waals surface area contributed by atoms with Crippen LogP contribution in [0.4, 0.5) is 4.39 Å². The van der Waals surface area contributed by atoms with E-state index in [1.807, 2.05) is 12.1 Å². The van der Waals surface area contributed by atoms with Crippen LogP contribution in [0.1, 0.15) is 21.5 Å². The maximum absolute atomic E-state index is 14.3. The van der Waals surface area contributed by atoms with Crippen molar-refractivity contribution in [3.63, 3.8) is 0 Å². The lowest BCUT2D eigenvalue weighted by Gasteiger charge is -2.09. The van der Waals surface area contributed by atoms with Gasteiger partial charge in [-0.05, 0) is 59.8 Å². The molecule has 4 aromatic rings. The Balaban J connectivity index is 1.48. The Morgan fingerprint density at radius 2 is 1.77 bits per heavy atom. The predicted molar refractivity (Wildman–Crippen MR) is 116 cm³/mol. The van der Waals surface area contributed by atoms with Crippen molar-refractivity contribution in [3.8, 4) is 0 Å². The number of benzene rings is 3. The highest BCUT2D eigenvalue weighted by molar-refractivity contribution is 7.91. The molecule has 0 bridgehead atoms. The zero-order valence-electron chi connectivity index (χ0n) is 16.7. The smallest absolute Gasteiger partial charge is 0.251 e. The Kier molecular flexibility index (Phi) is 5.52. The molecule has 0 aliphatic carbocycles. The van der Waals surface area contributed by atoms with Crippen molar-refractivity contribution in [1.29, 1.82) is 0 Å². The number of rotatable bonds is 5. The first-order valence-corrected chi connectivity index (χ1v) is 11.1. The summed E-state index contributed by atoms with van der Waals surface area (Å²) in [6.07, 6.45) is 3.39. The van der Waals surface area contributed by atoms with Crippen LogP contribution < -0.4 is 5.32 Å². The molecule has 0 spiro atoms. The van der Waals surface area contributed by atoms with Crippen molar-refractivity contribution < 1.29 is 17.6 Å². The van der Waals surface area contributed by atoms with Crippen LogP contribution in [-0.2, 0) is 16.4 Å². The second-order valence-corrected chi connectivity index (χ2v) is 9.07. The van der Waals surface area contributed by atoms with Gasteiger partial charge in [0.25, 0.3) is 5.91 Å². The molecule has 0 aliphatic heterocycles. The quantitative estimate of drug-likeness (QED) is 0.504. The summed E-state index contributed by atoms with van der Waals surface area (Å²) in [5.74, 6) is -0.992. The molecule has 0 aliphatic rings. The van der Waals surface area contributed by atoms with Gasteiger partial charge in [-0.2, -0.15) is 0 Å². The van der Waals surface area contributed by atoms with Crippen molar-refractivity contribution in [1.82, 2.24) is 10.3 Å². The number of nitrogens with one attached hydrogen (secondary N) is 1. The maximum atomic E-state index is 14.3. The van der Waals surface area contributed by atoms with Crippen molar-refractivity contribution in [3.05, 3.63) is 102 Å². The lowest BCUT2D eigenvalue weighted by atomic mass is 10.1. The van der Waals surface area contributed by atoms with E-state index in [1.165, 1.54) is 37.3 Å². The normalized spacial score (nSPS) is 11.4. The van der Waals surface area contributed by atoms with Gasteiger partial charge in [-0.15, -0.1) is 0 Å². The van der Waals surface area contributed by atoms with Gasteiger partial charge in [-0.1, -0.05) is 30.3 Å². The number of aromatic nitrogens is 1. The van der Waals surface area contributed by atoms with E-state index in [0.717, 1.165) is 16.3 Å². The van der Waals surface area contributed by atoms with Crippen LogP contribution in [0, 0.1) is 12.7 Å². The standard InChI is InChI=1S/C24H19FN2O3S/c1-16-3-2-4-22(23(16)25)31(29,30)21-9-5-17(6-10-21)14-27-24(28)19-8-7-18-11-12-26-15-20(18)13-19/h2-13,15H,14H2,1H3,(H,27,28). The van der Waals surface area contributed by atoms with Crippen LogP contribution in [0.25, 0.3) is 10.8 Å². The monoisotopic (exact) mass is 434 g/mol. The summed E-state index contributed by atoms with van der Waals surface area (Å²) < 4.78 is 39.8. The van der Waals surface area contributed by atoms with E-state index in [4.69, 9.17) is 0 Å². The molecule has 0 saturated heterocycles. The molecule has 0 fully saturated rings. The number of carbonyl (C=O) groups excluding carboxylic acids is 1. The van der Waals surface area contributed by atoms with Crippen molar-refractivity contribution in [2.75, 3.05) is 0 Å². The number of pyridine rings is 1. The van der Waals surface area contributed by atoms with E-state index in [9.17, 15) is 17.6 Å². The number of nitrogens with zero attached hydrogens (tertiary/aromatic N) is 1. The highest BCUT2D eigenvalue weighted by Gasteiger charge is 2.22. The largest absolute Gasteiger partial charge is 0.348 e. The van der Waals surface area contributed by atoms with Crippen molar-refractivity contribution >= 4 is 26.5 Å². The second kappa shape index (κ2) is 8.28. The van der Waals surface area contributed by atoms with Gasteiger partial charge in [0.2, 0.25) is 9.84 Å². The number of hydrogen-bond acceptors (Lipinski definition) is 4. The Hall–Kier alpha value is -3.58. The highest BCUT2D eigenvalue weighted by Crippen LogP contribution is 2.25. The number of sulfone groups is 1. The van der Waals surface area contributed by atoms with Gasteiger partial charge in [0.1, 0.15) is 10.7 Å². The van der Waals surface area contributed by atoms with E-state index in [1.54, 1.807) is 36.7 Å². The summed E-state index contributed by atoms with van der Waals surface area (Å²) in [4.78, 5) is 16.2. The van der Waals surface area contributed by atoms with Crippen molar-refractivity contribution in [2.24, 2.45) is 0 Å². The van der Waals surface area contributed by atoms with E-state index >= 15 is 0 Å². The topological polar surface area (TPSA) is 76.1 Å². The molecule has 0 unspecified atom stereocenters. The van der Waals surface area contributed by atoms with Crippen LogP contribution in [0.5, 0.6) is 0 Å². The van der Waals surface area contributed by atoms with Gasteiger partial charge in [-0.25, -0.2) is 12.8 Å². The number of amides is 1. The number of halogens is 1. The Labute approximate surface area is 179 Å². The molecule has 7 heteroatoms. The third-order valence-electron chi connectivity index (χ3n) is 5.04. The van der Waals surface area contributed by atoms with Crippen LogP contribution in [0.3, 0.4) is 0 Å². The molecular weight excluding hydrogens is 415 g/mol. The molecule has 1 aromatic heterocycles. The fourth-order valence-corrected chi connectivity index (χ4v) is 4.66. The first kappa shape index (κ1) is 20.7. The summed E-state index contributed by atoms with van der Waals surface area (Å²) in [6.45, 7) is 1.75. The minimum Gasteiger partial charge on any atom is -0.348 e. The molecule has 31 heavy (non-hydrogen) atoms. The fourth-order valence-electron chi connectivity index (χ4n) is 3.25. The number of aryl methyl sites for hydroxylation is 1. The number of hydrogen-bond donors (Lipinski definition) is 1. The first-order valence-electron chi connectivity index (χ1n) is 9.57. The van der Waals surface area contributed by atoms with Crippen LogP contribution >= 0.6 is 0 Å². The fraction of sp³-hybridized carbons (Fsp3) is 0.0833. The van der Waals surface area contributed by atoms with Gasteiger partial charge >= 0.3 is 0 Å². The molecule has 1 heterocycles. The molecule has 0 saturated carbocycles. The van der Waals surface area contributed by atoms with Gasteiger partial charge in [0, 0.05) is 29.9 Å². The highest BCUT2D eigenvalue weighted by atomic mass is 32.2. The van der Waals surface area contributed by atoms with Crippen LogP contribution in [0.15, 0.2) is 88.9 Å². The van der Waals surface area contributed by atoms with Crippen LogP contribution in [-0.4, -0.2) is 19.3 Å². The summed E-state index contributed by atoms with van der Waals surface area (Å²) in [7, 11) is -3.97. The molecule has 5 nitrogen and oxygen atoms in total. The number of carbonyl (C=O) groups is 1. The summed E-state index contributed by atoms with van der Waals surface area (Å²) in [5.41, 5.74) is 1.50. The van der Waals surface area contributed by atoms with Gasteiger partial charge in [-0.3, -0.25) is 9.78 Å². The summed E-state index contributed by atoms with van der Waals surface area (Å²) in [6, 6.07) is 17.6. The first-order chi connectivity index (χ1) is 14.9. The SMILES string of the molecule is Cc1cccc(S(=O)(=O)c2ccc(CNC(=O)c3ccc4ccncc4c3)cc2)c1F. The molecule has 1 N–H and O–H groups in total. The van der Waals surface area contributed by atoms with Crippen LogP contribution in [0.2, 0.25) is 0 Å². The minimum absolute atomic E-state index is 0.00546. The average Bonchev–Trinajstić information content (AvgIpc) is 2.79. The molecule has 1 amide bonds. The van der Waals surface area contributed by atoms with E-state index < -0.39 is 15.7 Å². The number of fused-ring (bicyclic) bond motifs is 1. The molecule has 4 rings (SSSR count). The van der Waals surface area contributed by atoms with Gasteiger partial charge in [0.15, 0.2) is 0 Å². The lowest BCUT2D eigenvalue weighted by Crippen LogP contribution is -2.22. The Morgan fingerprint density at radius 3 is 2.55 bits per heavy atom. The zero-order chi connectivity index (χ0) is 22.0. The maximum Gasteiger partial charge on any atom is 0.251 e.